The third-order valence-electron chi connectivity index (χ3n) is 0.183. The molecule has 0 saturated carbocycles. The summed E-state index contributed by atoms with van der Waals surface area (Å²) in [7, 11) is 0. The van der Waals surface area contributed by atoms with Crippen molar-refractivity contribution in [3.63, 3.8) is 0 Å². The summed E-state index contributed by atoms with van der Waals surface area (Å²) >= 11 is 0. The minimum absolute atomic E-state index is 0. The first-order chi connectivity index (χ1) is 4.37. The molecule has 0 aromatic carbocycles. The Kier molecular flexibility index (Phi) is 13.1. The number of hydrogen-bond donors (Lipinski definition) is 4. The van der Waals surface area contributed by atoms with Crippen LogP contribution in [0.15, 0.2) is 0 Å². The van der Waals surface area contributed by atoms with Gasteiger partial charge in [-0.2, -0.15) is 0 Å². The van der Waals surface area contributed by atoms with Crippen LogP contribution in [0.2, 0.25) is 0 Å². The minimum atomic E-state index is -1.83. The van der Waals surface area contributed by atoms with Gasteiger partial charge < -0.3 is 21.9 Å². The second-order valence-corrected chi connectivity index (χ2v) is 0.893. The molecule has 0 aromatic heterocycles. The van der Waals surface area contributed by atoms with E-state index in [0.29, 0.717) is 0 Å². The van der Waals surface area contributed by atoms with Crippen molar-refractivity contribution < 1.29 is 55.1 Å². The van der Waals surface area contributed by atoms with Crippen LogP contribution in [0.1, 0.15) is 1.43 Å². The summed E-state index contributed by atoms with van der Waals surface area (Å²) in [5, 5.41) is 28.7. The first-order valence-electron chi connectivity index (χ1n) is 1.76. The van der Waals surface area contributed by atoms with Crippen LogP contribution in [-0.4, -0.2) is 38.5 Å². The van der Waals surface area contributed by atoms with Gasteiger partial charge in [-0.1, -0.05) is 0 Å². The quantitative estimate of drug-likeness (QED) is 0.213. The van der Waals surface area contributed by atoms with Crippen molar-refractivity contribution in [2.24, 2.45) is 0 Å². The zero-order valence-electron chi connectivity index (χ0n) is 6.51. The molecule has 8 heteroatoms. The third-order valence-corrected chi connectivity index (χ3v) is 0.183. The summed E-state index contributed by atoms with van der Waals surface area (Å²) in [5.41, 5.74) is 0. The van der Waals surface area contributed by atoms with Crippen LogP contribution in [0.3, 0.4) is 0 Å². The average Bonchev–Trinajstić information content (AvgIpc) is 1.63. The van der Waals surface area contributed by atoms with E-state index in [1.54, 1.807) is 0 Å². The second-order valence-electron chi connectivity index (χ2n) is 0.893. The summed E-state index contributed by atoms with van der Waals surface area (Å²) in [6.07, 6.45) is -1.83. The van der Waals surface area contributed by atoms with Gasteiger partial charge in [-0.3, -0.25) is 0 Å². The molecule has 0 aromatic rings. The summed E-state index contributed by atoms with van der Waals surface area (Å²) in [4.78, 5) is 26.8. The number of carbonyl (C=O) groups is 3. The fraction of sp³-hybridized carbons (Fsp3) is 0. The molecule has 0 amide bonds. The first-order valence-corrected chi connectivity index (χ1v) is 1.76. The van der Waals surface area contributed by atoms with E-state index in [2.05, 4.69) is 0 Å². The Bertz CT molecular complexity index is 141. The van der Waals surface area contributed by atoms with Gasteiger partial charge in [-0.15, -0.1) is 0 Å². The van der Waals surface area contributed by atoms with Gasteiger partial charge in [0.1, 0.15) is 0 Å². The third kappa shape index (κ3) is 51.8. The van der Waals surface area contributed by atoms with Crippen molar-refractivity contribution in [3.05, 3.63) is 0 Å². The number of carboxylic acids is 2. The standard InChI is InChI=1S/C2H2O4.CH2O3.Li.H/c3-1(4)2(5)6;2-1(3)4;;/h(H,3,4)(H,5,6);(H2,2,3,4);;/q;;+1;-1. The molecule has 0 heterocycles. The Morgan fingerprint density at radius 1 is 0.818 bits per heavy atom. The molecule has 7 nitrogen and oxygen atoms in total. The maximum atomic E-state index is 9.10. The van der Waals surface area contributed by atoms with E-state index in [4.69, 9.17) is 34.8 Å². The number of carboxylic acid groups (broad SMARTS) is 4. The maximum Gasteiger partial charge on any atom is 1.00 e. The van der Waals surface area contributed by atoms with Gasteiger partial charge in [0, 0.05) is 0 Å². The van der Waals surface area contributed by atoms with Crippen LogP contribution < -0.4 is 18.9 Å². The molecular weight excluding hydrogens is 155 g/mol. The van der Waals surface area contributed by atoms with Crippen LogP contribution in [0.5, 0.6) is 0 Å². The largest absolute Gasteiger partial charge is 1.00 e. The molecule has 0 aliphatic heterocycles. The molecule has 0 bridgehead atoms. The van der Waals surface area contributed by atoms with Gasteiger partial charge in [0.2, 0.25) is 0 Å². The topological polar surface area (TPSA) is 132 Å². The van der Waals surface area contributed by atoms with E-state index >= 15 is 0 Å². The average molecular weight is 160 g/mol. The molecule has 0 radical (unpaired) electrons. The zero-order valence-corrected chi connectivity index (χ0v) is 5.51. The van der Waals surface area contributed by atoms with Crippen molar-refractivity contribution in [3.8, 4) is 0 Å². The summed E-state index contributed by atoms with van der Waals surface area (Å²) in [5.74, 6) is -3.65. The SMILES string of the molecule is O=C(O)C(=O)O.O=C(O)O.[H-].[Li+]. The fourth-order valence-electron chi connectivity index (χ4n) is 0. The monoisotopic (exact) mass is 160 g/mol. The minimum Gasteiger partial charge on any atom is -1.00 e. The Morgan fingerprint density at radius 2 is 0.909 bits per heavy atom. The van der Waals surface area contributed by atoms with Crippen molar-refractivity contribution >= 4 is 18.1 Å². The van der Waals surface area contributed by atoms with Gasteiger partial charge in [0.05, 0.1) is 0 Å². The summed E-state index contributed by atoms with van der Waals surface area (Å²) < 4.78 is 0. The second kappa shape index (κ2) is 8.81. The first kappa shape index (κ1) is 16.4. The molecule has 0 fully saturated rings. The van der Waals surface area contributed by atoms with Crippen molar-refractivity contribution in [2.45, 2.75) is 0 Å². The van der Waals surface area contributed by atoms with Crippen molar-refractivity contribution in [1.29, 1.82) is 0 Å². The molecule has 0 atom stereocenters. The smallest absolute Gasteiger partial charge is 1.00 e. The molecular formula is C3H5LiO7. The van der Waals surface area contributed by atoms with E-state index in [1.807, 2.05) is 0 Å². The number of hydrogen-bond acceptors (Lipinski definition) is 3. The molecule has 0 rings (SSSR count). The van der Waals surface area contributed by atoms with Crippen LogP contribution in [0.25, 0.3) is 0 Å². The number of aliphatic carboxylic acids is 2. The molecule has 4 N–H and O–H groups in total. The van der Waals surface area contributed by atoms with Gasteiger partial charge in [0.15, 0.2) is 0 Å². The molecule has 0 spiro atoms. The Labute approximate surface area is 73.9 Å². The molecule has 0 saturated heterocycles. The van der Waals surface area contributed by atoms with E-state index in [1.165, 1.54) is 0 Å². The number of rotatable bonds is 0. The molecule has 60 valence electrons. The van der Waals surface area contributed by atoms with Gasteiger partial charge in [-0.25, -0.2) is 14.4 Å². The Morgan fingerprint density at radius 3 is 0.909 bits per heavy atom. The normalized spacial score (nSPS) is 6.18. The maximum absolute atomic E-state index is 9.10. The van der Waals surface area contributed by atoms with E-state index < -0.39 is 18.1 Å². The zero-order chi connectivity index (χ0) is 8.73. The van der Waals surface area contributed by atoms with Gasteiger partial charge >= 0.3 is 37.0 Å². The van der Waals surface area contributed by atoms with Gasteiger partial charge in [0.25, 0.3) is 0 Å². The molecule has 0 aliphatic rings. The molecule has 11 heavy (non-hydrogen) atoms. The van der Waals surface area contributed by atoms with Crippen LogP contribution in [-0.2, 0) is 9.59 Å². The summed E-state index contributed by atoms with van der Waals surface area (Å²) in [6, 6.07) is 0. The fourth-order valence-corrected chi connectivity index (χ4v) is 0. The van der Waals surface area contributed by atoms with Crippen molar-refractivity contribution in [1.82, 2.24) is 0 Å². The summed E-state index contributed by atoms with van der Waals surface area (Å²) in [6.45, 7) is 0. The molecule has 0 aliphatic carbocycles. The predicted octanol–water partition coefficient (Wildman–Crippen LogP) is -3.51. The van der Waals surface area contributed by atoms with E-state index in [-0.39, 0.29) is 20.3 Å². The Hall–Kier alpha value is -1.19. The van der Waals surface area contributed by atoms with Crippen molar-refractivity contribution in [2.75, 3.05) is 0 Å². The van der Waals surface area contributed by atoms with Crippen LogP contribution in [0.4, 0.5) is 4.79 Å². The van der Waals surface area contributed by atoms with E-state index in [9.17, 15) is 0 Å². The van der Waals surface area contributed by atoms with E-state index in [0.717, 1.165) is 0 Å². The van der Waals surface area contributed by atoms with Crippen LogP contribution in [0, 0.1) is 0 Å². The van der Waals surface area contributed by atoms with Gasteiger partial charge in [-0.05, 0) is 0 Å². The predicted molar refractivity (Wildman–Crippen MR) is 27.0 cm³/mol. The Balaban J connectivity index is -0.0000000483. The van der Waals surface area contributed by atoms with Crippen LogP contribution >= 0.6 is 0 Å². The molecule has 0 unspecified atom stereocenters.